The number of carbonyl (C=O) groups excluding carboxylic acids is 1. The minimum absolute atomic E-state index is 0.477. The van der Waals surface area contributed by atoms with Gasteiger partial charge in [0.15, 0.2) is 0 Å². The molecule has 0 radical (unpaired) electrons. The number of carboxylic acids is 1. The molecule has 2 N–H and O–H groups in total. The largest absolute Gasteiger partial charge is 0.478 e. The molecule has 0 heterocycles. The van der Waals surface area contributed by atoms with Crippen LogP contribution in [0.15, 0.2) is 53.0 Å². The minimum Gasteiger partial charge on any atom is -0.478 e. The molecule has 0 aliphatic carbocycles. The number of hydrogen-bond donors (Lipinski definition) is 2. The van der Waals surface area contributed by atoms with Gasteiger partial charge in [0, 0.05) is 27.7 Å². The van der Waals surface area contributed by atoms with Gasteiger partial charge in [-0.25, -0.2) is 4.79 Å². The lowest BCUT2D eigenvalue weighted by Crippen LogP contribution is -2.09. The minimum atomic E-state index is -1.16. The van der Waals surface area contributed by atoms with Gasteiger partial charge in [-0.1, -0.05) is 40.2 Å². The third-order valence-electron chi connectivity index (χ3n) is 2.51. The van der Waals surface area contributed by atoms with Crippen LogP contribution in [0.4, 0.5) is 5.69 Å². The topological polar surface area (TPSA) is 66.4 Å². The Morgan fingerprint density at radius 1 is 1.05 bits per heavy atom. The molecule has 2 rings (SSSR count). The molecule has 5 heteroatoms. The van der Waals surface area contributed by atoms with Gasteiger partial charge in [-0.05, 0) is 17.5 Å². The van der Waals surface area contributed by atoms with Gasteiger partial charge in [-0.15, -0.1) is 0 Å². The molecule has 0 bridgehead atoms. The van der Waals surface area contributed by atoms with Crippen LogP contribution in [0.2, 0.25) is 0 Å². The first-order chi connectivity index (χ1) is 9.08. The van der Waals surface area contributed by atoms with Gasteiger partial charge in [0.25, 0.3) is 0 Å². The van der Waals surface area contributed by atoms with E-state index in [-0.39, 0.29) is 0 Å². The number of halogens is 1. The quantitative estimate of drug-likeness (QED) is 0.854. The van der Waals surface area contributed by atoms with Crippen molar-refractivity contribution in [2.24, 2.45) is 0 Å². The van der Waals surface area contributed by atoms with Gasteiger partial charge in [0.2, 0.25) is 5.91 Å². The average Bonchev–Trinajstić information content (AvgIpc) is 2.40. The zero-order valence-electron chi connectivity index (χ0n) is 9.76. The fraction of sp³-hybridized carbons (Fsp3) is 0. The highest BCUT2D eigenvalue weighted by Crippen LogP contribution is 2.29. The summed E-state index contributed by atoms with van der Waals surface area (Å²) < 4.78 is 0.933. The highest BCUT2D eigenvalue weighted by atomic mass is 79.9. The number of nitrogens with one attached hydrogen (secondary N) is 1. The van der Waals surface area contributed by atoms with Crippen molar-refractivity contribution in [1.82, 2.24) is 0 Å². The maximum Gasteiger partial charge on any atom is 0.328 e. The van der Waals surface area contributed by atoms with Crippen LogP contribution in [0.3, 0.4) is 0 Å². The van der Waals surface area contributed by atoms with Crippen LogP contribution in [0.25, 0.3) is 10.8 Å². The molecule has 0 aliphatic heterocycles. The Morgan fingerprint density at radius 3 is 2.42 bits per heavy atom. The second-order valence-corrected chi connectivity index (χ2v) is 4.66. The zero-order valence-corrected chi connectivity index (χ0v) is 11.3. The summed E-state index contributed by atoms with van der Waals surface area (Å²) in [6, 6.07) is 11.2. The van der Waals surface area contributed by atoms with Crippen molar-refractivity contribution in [2.75, 3.05) is 5.32 Å². The van der Waals surface area contributed by atoms with Crippen LogP contribution in [-0.4, -0.2) is 17.0 Å². The van der Waals surface area contributed by atoms with Crippen LogP contribution >= 0.6 is 15.9 Å². The van der Waals surface area contributed by atoms with Gasteiger partial charge < -0.3 is 10.4 Å². The van der Waals surface area contributed by atoms with Gasteiger partial charge >= 0.3 is 5.97 Å². The van der Waals surface area contributed by atoms with Crippen LogP contribution in [-0.2, 0) is 9.59 Å². The molecule has 19 heavy (non-hydrogen) atoms. The Hall–Kier alpha value is -2.14. The van der Waals surface area contributed by atoms with Crippen molar-refractivity contribution < 1.29 is 14.7 Å². The fourth-order valence-electron chi connectivity index (χ4n) is 1.69. The molecule has 0 fully saturated rings. The van der Waals surface area contributed by atoms with Crippen molar-refractivity contribution in [1.29, 1.82) is 0 Å². The first kappa shape index (κ1) is 13.3. The zero-order chi connectivity index (χ0) is 13.8. The predicted octanol–water partition coefficient (Wildman–Crippen LogP) is 3.18. The summed E-state index contributed by atoms with van der Waals surface area (Å²) in [5, 5.41) is 13.0. The lowest BCUT2D eigenvalue weighted by Gasteiger charge is -2.08. The van der Waals surface area contributed by atoms with E-state index in [1.165, 1.54) is 0 Å². The Kier molecular flexibility index (Phi) is 3.97. The van der Waals surface area contributed by atoms with Gasteiger partial charge in [-0.2, -0.15) is 0 Å². The summed E-state index contributed by atoms with van der Waals surface area (Å²) in [6.07, 6.45) is 1.79. The Balaban J connectivity index is 2.34. The van der Waals surface area contributed by atoms with Crippen LogP contribution in [0.5, 0.6) is 0 Å². The number of hydrogen-bond acceptors (Lipinski definition) is 2. The Bertz CT molecular complexity index is 679. The van der Waals surface area contributed by atoms with Crippen LogP contribution < -0.4 is 5.32 Å². The molecule has 96 valence electrons. The number of carbonyl (C=O) groups is 2. The van der Waals surface area contributed by atoms with Crippen molar-refractivity contribution in [3.05, 3.63) is 53.0 Å². The second kappa shape index (κ2) is 5.67. The number of fused-ring (bicyclic) bond motifs is 1. The maximum atomic E-state index is 11.6. The van der Waals surface area contributed by atoms with E-state index in [0.29, 0.717) is 5.69 Å². The number of aliphatic carboxylic acids is 1. The summed E-state index contributed by atoms with van der Waals surface area (Å²) in [5.41, 5.74) is 0.638. The predicted molar refractivity (Wildman–Crippen MR) is 77.1 cm³/mol. The molecular weight excluding hydrogens is 310 g/mol. The summed E-state index contributed by atoms with van der Waals surface area (Å²) in [7, 11) is 0. The molecule has 0 saturated heterocycles. The van der Waals surface area contributed by atoms with Crippen molar-refractivity contribution in [2.45, 2.75) is 0 Å². The molecular formula is C14H10BrNO3. The van der Waals surface area contributed by atoms with Crippen LogP contribution in [0, 0.1) is 0 Å². The number of benzene rings is 2. The molecule has 0 saturated carbocycles. The van der Waals surface area contributed by atoms with E-state index in [0.717, 1.165) is 27.4 Å². The molecule has 0 aromatic heterocycles. The fourth-order valence-corrected chi connectivity index (χ4v) is 2.17. The van der Waals surface area contributed by atoms with E-state index < -0.39 is 11.9 Å². The van der Waals surface area contributed by atoms with Crippen molar-refractivity contribution >= 4 is 44.3 Å². The normalized spacial score (nSPS) is 10.8. The van der Waals surface area contributed by atoms with E-state index >= 15 is 0 Å². The highest BCUT2D eigenvalue weighted by Gasteiger charge is 2.05. The monoisotopic (exact) mass is 319 g/mol. The molecule has 1 amide bonds. The first-order valence-corrected chi connectivity index (χ1v) is 6.26. The third kappa shape index (κ3) is 3.20. The summed E-state index contributed by atoms with van der Waals surface area (Å²) in [4.78, 5) is 21.9. The Labute approximate surface area is 117 Å². The number of rotatable bonds is 3. The third-order valence-corrected chi connectivity index (χ3v) is 3.20. The summed E-state index contributed by atoms with van der Waals surface area (Å²) >= 11 is 3.44. The Morgan fingerprint density at radius 2 is 1.74 bits per heavy atom. The SMILES string of the molecule is O=C(O)/C=C/C(=O)Nc1ccc(Br)c2ccccc12. The van der Waals surface area contributed by atoms with Crippen molar-refractivity contribution in [3.63, 3.8) is 0 Å². The number of carboxylic acid groups (broad SMARTS) is 1. The number of amides is 1. The second-order valence-electron chi connectivity index (χ2n) is 3.80. The molecule has 0 spiro atoms. The highest BCUT2D eigenvalue weighted by molar-refractivity contribution is 9.10. The van der Waals surface area contributed by atoms with Gasteiger partial charge in [0.1, 0.15) is 0 Å². The van der Waals surface area contributed by atoms with E-state index in [1.54, 1.807) is 6.07 Å². The van der Waals surface area contributed by atoms with Crippen LogP contribution in [0.1, 0.15) is 0 Å². The molecule has 0 atom stereocenters. The smallest absolute Gasteiger partial charge is 0.328 e. The lowest BCUT2D eigenvalue weighted by atomic mass is 10.1. The number of anilines is 1. The van der Waals surface area contributed by atoms with Crippen molar-refractivity contribution in [3.8, 4) is 0 Å². The standard InChI is InChI=1S/C14H10BrNO3/c15-11-5-6-12(10-4-2-1-3-9(10)11)16-13(17)7-8-14(18)19/h1-8H,(H,16,17)(H,18,19)/b8-7+. The molecule has 2 aromatic carbocycles. The van der Waals surface area contributed by atoms with Gasteiger partial charge in [-0.3, -0.25) is 4.79 Å². The lowest BCUT2D eigenvalue weighted by molar-refractivity contribution is -0.131. The van der Waals surface area contributed by atoms with E-state index in [9.17, 15) is 9.59 Å². The average molecular weight is 320 g/mol. The molecule has 0 aliphatic rings. The maximum absolute atomic E-state index is 11.6. The first-order valence-electron chi connectivity index (χ1n) is 5.47. The van der Waals surface area contributed by atoms with E-state index in [1.807, 2.05) is 30.3 Å². The molecule has 2 aromatic rings. The molecule has 4 nitrogen and oxygen atoms in total. The molecule has 0 unspecified atom stereocenters. The summed E-state index contributed by atoms with van der Waals surface area (Å²) in [5.74, 6) is -1.63. The van der Waals surface area contributed by atoms with E-state index in [2.05, 4.69) is 21.2 Å². The summed E-state index contributed by atoms with van der Waals surface area (Å²) in [6.45, 7) is 0. The van der Waals surface area contributed by atoms with Gasteiger partial charge in [0.05, 0.1) is 0 Å². The van der Waals surface area contributed by atoms with E-state index in [4.69, 9.17) is 5.11 Å².